The van der Waals surface area contributed by atoms with Gasteiger partial charge in [0.15, 0.2) is 0 Å². The van der Waals surface area contributed by atoms with Gasteiger partial charge in [-0.05, 0) is 49.4 Å². The van der Waals surface area contributed by atoms with Crippen LogP contribution in [0.2, 0.25) is 0 Å². The van der Waals surface area contributed by atoms with E-state index in [0.29, 0.717) is 25.4 Å². The second kappa shape index (κ2) is 8.89. The van der Waals surface area contributed by atoms with Crippen LogP contribution >= 0.6 is 0 Å². The van der Waals surface area contributed by atoms with Gasteiger partial charge in [0.05, 0.1) is 30.8 Å². The van der Waals surface area contributed by atoms with Gasteiger partial charge in [0.2, 0.25) is 10.0 Å². The van der Waals surface area contributed by atoms with Crippen molar-refractivity contribution in [1.82, 2.24) is 4.31 Å². The highest BCUT2D eigenvalue weighted by Gasteiger charge is 2.29. The molecule has 0 atom stereocenters. The molecule has 9 heteroatoms. The number of morpholine rings is 1. The molecular formula is C20H23FN2O5S. The summed E-state index contributed by atoms with van der Waals surface area (Å²) in [6.07, 6.45) is 0. The molecule has 2 aromatic rings. The van der Waals surface area contributed by atoms with Crippen LogP contribution in [0.3, 0.4) is 0 Å². The molecular weight excluding hydrogens is 399 g/mol. The third-order valence-corrected chi connectivity index (χ3v) is 6.60. The molecule has 0 radical (unpaired) electrons. The minimum absolute atomic E-state index is 0.0127. The molecule has 0 aliphatic carbocycles. The summed E-state index contributed by atoms with van der Waals surface area (Å²) in [5.41, 5.74) is 0.621. The Labute approximate surface area is 169 Å². The number of carbonyl (C=O) groups excluding carboxylic acids is 1. The van der Waals surface area contributed by atoms with Crippen LogP contribution < -0.4 is 9.64 Å². The number of halogens is 1. The Balaban J connectivity index is 2.00. The van der Waals surface area contributed by atoms with Crippen molar-refractivity contribution < 1.29 is 27.1 Å². The van der Waals surface area contributed by atoms with Gasteiger partial charge in [-0.1, -0.05) is 0 Å². The molecule has 29 heavy (non-hydrogen) atoms. The smallest absolute Gasteiger partial charge is 0.262 e. The van der Waals surface area contributed by atoms with E-state index in [0.717, 1.165) is 0 Å². The van der Waals surface area contributed by atoms with Gasteiger partial charge in [-0.2, -0.15) is 4.31 Å². The maximum absolute atomic E-state index is 13.3. The third kappa shape index (κ3) is 4.42. The summed E-state index contributed by atoms with van der Waals surface area (Å²) < 4.78 is 51.0. The first kappa shape index (κ1) is 21.2. The standard InChI is InChI=1S/C20H23FN2O5S/c1-3-23(16-6-4-15(21)5-7-16)20(24)18-14-17(8-9-19(18)27-2)29(25,26)22-10-12-28-13-11-22/h4-9,14H,3,10-13H2,1-2H3. The molecule has 0 unspecified atom stereocenters. The van der Waals surface area contributed by atoms with Crippen LogP contribution in [0.5, 0.6) is 5.75 Å². The van der Waals surface area contributed by atoms with E-state index < -0.39 is 21.7 Å². The summed E-state index contributed by atoms with van der Waals surface area (Å²) in [4.78, 5) is 14.7. The van der Waals surface area contributed by atoms with Crippen LogP contribution in [0.1, 0.15) is 17.3 Å². The zero-order valence-corrected chi connectivity index (χ0v) is 17.1. The number of sulfonamides is 1. The monoisotopic (exact) mass is 422 g/mol. The highest BCUT2D eigenvalue weighted by Crippen LogP contribution is 2.28. The van der Waals surface area contributed by atoms with E-state index >= 15 is 0 Å². The van der Waals surface area contributed by atoms with Gasteiger partial charge >= 0.3 is 0 Å². The number of carbonyl (C=O) groups is 1. The van der Waals surface area contributed by atoms with E-state index in [4.69, 9.17) is 9.47 Å². The number of hydrogen-bond acceptors (Lipinski definition) is 5. The minimum atomic E-state index is -3.77. The molecule has 1 amide bonds. The summed E-state index contributed by atoms with van der Waals surface area (Å²) in [5.74, 6) is -0.583. The predicted octanol–water partition coefficient (Wildman–Crippen LogP) is 2.52. The predicted molar refractivity (Wildman–Crippen MR) is 106 cm³/mol. The molecule has 1 fully saturated rings. The fourth-order valence-corrected chi connectivity index (χ4v) is 4.60. The summed E-state index contributed by atoms with van der Waals surface area (Å²) in [6.45, 7) is 3.27. The summed E-state index contributed by atoms with van der Waals surface area (Å²) in [6, 6.07) is 9.75. The average molecular weight is 422 g/mol. The van der Waals surface area contributed by atoms with Crippen molar-refractivity contribution >= 4 is 21.6 Å². The highest BCUT2D eigenvalue weighted by atomic mass is 32.2. The normalized spacial score (nSPS) is 15.1. The number of nitrogens with zero attached hydrogens (tertiary/aromatic N) is 2. The van der Waals surface area contributed by atoms with Crippen LogP contribution in [0, 0.1) is 5.82 Å². The van der Waals surface area contributed by atoms with E-state index in [2.05, 4.69) is 0 Å². The molecule has 1 aliphatic rings. The molecule has 0 N–H and O–H groups in total. The lowest BCUT2D eigenvalue weighted by atomic mass is 10.1. The Morgan fingerprint density at radius 2 is 1.83 bits per heavy atom. The largest absolute Gasteiger partial charge is 0.496 e. The quantitative estimate of drug-likeness (QED) is 0.715. The van der Waals surface area contributed by atoms with Gasteiger partial charge in [0.25, 0.3) is 5.91 Å². The highest BCUT2D eigenvalue weighted by molar-refractivity contribution is 7.89. The van der Waals surface area contributed by atoms with Gasteiger partial charge in [0, 0.05) is 25.3 Å². The first-order valence-corrected chi connectivity index (χ1v) is 10.7. The van der Waals surface area contributed by atoms with Crippen molar-refractivity contribution in [3.63, 3.8) is 0 Å². The Kier molecular flexibility index (Phi) is 6.51. The molecule has 7 nitrogen and oxygen atoms in total. The van der Waals surface area contributed by atoms with Crippen molar-refractivity contribution in [3.05, 3.63) is 53.8 Å². The topological polar surface area (TPSA) is 76.2 Å². The maximum Gasteiger partial charge on any atom is 0.262 e. The zero-order chi connectivity index (χ0) is 21.0. The van der Waals surface area contributed by atoms with E-state index in [1.54, 1.807) is 6.92 Å². The van der Waals surface area contributed by atoms with Crippen LogP contribution in [-0.2, 0) is 14.8 Å². The van der Waals surface area contributed by atoms with E-state index in [9.17, 15) is 17.6 Å². The number of benzene rings is 2. The molecule has 0 spiro atoms. The van der Waals surface area contributed by atoms with E-state index in [1.165, 1.54) is 58.8 Å². The summed E-state index contributed by atoms with van der Waals surface area (Å²) in [5, 5.41) is 0. The first-order chi connectivity index (χ1) is 13.9. The Morgan fingerprint density at radius 3 is 2.41 bits per heavy atom. The lowest BCUT2D eigenvalue weighted by molar-refractivity contribution is 0.0730. The zero-order valence-electron chi connectivity index (χ0n) is 16.3. The lowest BCUT2D eigenvalue weighted by Crippen LogP contribution is -2.40. The number of methoxy groups -OCH3 is 1. The number of rotatable bonds is 6. The Hall–Kier alpha value is -2.49. The fourth-order valence-electron chi connectivity index (χ4n) is 3.16. The van der Waals surface area contributed by atoms with Crippen LogP contribution in [0.25, 0.3) is 0 Å². The summed E-state index contributed by atoms with van der Waals surface area (Å²) in [7, 11) is -2.36. The lowest BCUT2D eigenvalue weighted by Gasteiger charge is -2.27. The average Bonchev–Trinajstić information content (AvgIpc) is 2.75. The van der Waals surface area contributed by atoms with Gasteiger partial charge < -0.3 is 14.4 Å². The van der Waals surface area contributed by atoms with E-state index in [1.807, 2.05) is 0 Å². The molecule has 1 aliphatic heterocycles. The third-order valence-electron chi connectivity index (χ3n) is 4.71. The second-order valence-corrected chi connectivity index (χ2v) is 8.34. The molecule has 0 aromatic heterocycles. The fraction of sp³-hybridized carbons (Fsp3) is 0.350. The van der Waals surface area contributed by atoms with Gasteiger partial charge in [0.1, 0.15) is 11.6 Å². The minimum Gasteiger partial charge on any atom is -0.496 e. The molecule has 0 bridgehead atoms. The van der Waals surface area contributed by atoms with Crippen LogP contribution in [0.15, 0.2) is 47.4 Å². The van der Waals surface area contributed by atoms with Gasteiger partial charge in [-0.15, -0.1) is 0 Å². The van der Waals surface area contributed by atoms with Crippen molar-refractivity contribution in [2.45, 2.75) is 11.8 Å². The Morgan fingerprint density at radius 1 is 1.17 bits per heavy atom. The summed E-state index contributed by atoms with van der Waals surface area (Å²) >= 11 is 0. The molecule has 1 saturated heterocycles. The number of anilines is 1. The number of hydrogen-bond donors (Lipinski definition) is 0. The van der Waals surface area contributed by atoms with Crippen molar-refractivity contribution in [3.8, 4) is 5.75 Å². The molecule has 156 valence electrons. The van der Waals surface area contributed by atoms with Crippen LogP contribution in [-0.4, -0.2) is 58.6 Å². The van der Waals surface area contributed by atoms with Gasteiger partial charge in [-0.25, -0.2) is 12.8 Å². The maximum atomic E-state index is 13.3. The molecule has 3 rings (SSSR count). The first-order valence-electron chi connectivity index (χ1n) is 9.22. The van der Waals surface area contributed by atoms with Crippen molar-refractivity contribution in [2.75, 3.05) is 44.9 Å². The SMILES string of the molecule is CCN(C(=O)c1cc(S(=O)(=O)N2CCOCC2)ccc1OC)c1ccc(F)cc1. The molecule has 2 aromatic carbocycles. The van der Waals surface area contributed by atoms with E-state index in [-0.39, 0.29) is 29.3 Å². The number of ether oxygens (including phenoxy) is 2. The molecule has 1 heterocycles. The second-order valence-electron chi connectivity index (χ2n) is 6.40. The van der Waals surface area contributed by atoms with Crippen molar-refractivity contribution in [1.29, 1.82) is 0 Å². The van der Waals surface area contributed by atoms with Crippen molar-refractivity contribution in [2.24, 2.45) is 0 Å². The Bertz CT molecular complexity index is 973. The number of amides is 1. The van der Waals surface area contributed by atoms with Gasteiger partial charge in [-0.3, -0.25) is 4.79 Å². The molecule has 0 saturated carbocycles. The van der Waals surface area contributed by atoms with Crippen LogP contribution in [0.4, 0.5) is 10.1 Å².